The van der Waals surface area contributed by atoms with Gasteiger partial charge in [-0.25, -0.2) is 0 Å². The van der Waals surface area contributed by atoms with Gasteiger partial charge in [0.2, 0.25) is 0 Å². The van der Waals surface area contributed by atoms with Crippen LogP contribution in [0.15, 0.2) is 249 Å². The lowest BCUT2D eigenvalue weighted by Gasteiger charge is -2.36. The molecule has 0 saturated carbocycles. The number of fused-ring (bicyclic) bond motifs is 13. The van der Waals surface area contributed by atoms with Crippen molar-refractivity contribution in [3.8, 4) is 44.5 Å². The molecule has 10 aromatic carbocycles. The van der Waals surface area contributed by atoms with Crippen molar-refractivity contribution in [2.24, 2.45) is 0 Å². The normalized spacial score (nSPS) is 14.0. The fourth-order valence-corrected chi connectivity index (χ4v) is 11.8. The Kier molecular flexibility index (Phi) is 7.80. The van der Waals surface area contributed by atoms with Crippen molar-refractivity contribution in [1.82, 2.24) is 0 Å². The highest BCUT2D eigenvalue weighted by Crippen LogP contribution is 2.68. The van der Waals surface area contributed by atoms with Crippen LogP contribution in [0.1, 0.15) is 44.5 Å². The number of para-hydroxylation sites is 2. The number of hydrogen-bond acceptors (Lipinski definition) is 1. The first-order valence-electron chi connectivity index (χ1n) is 22.0. The standard InChI is InChI=1S/C62H41N/c1-6-22-42(23-7-1)58-59-50-34-18-21-37-54(50)62(52-35-19-16-32-48(52)49-33-17-20-36-53(49)62)57(59)41-56-60(58)51-40-47(63(45-28-12-4-13-29-45)46-30-14-5-15-31-46)38-39-55(51)61(56,43-24-8-2-9-25-43)44-26-10-3-11-27-44/h1-41H. The zero-order valence-corrected chi connectivity index (χ0v) is 34.6. The Labute approximate surface area is 368 Å². The molecule has 0 aromatic heterocycles. The molecule has 0 aliphatic heterocycles. The molecule has 1 heteroatoms. The van der Waals surface area contributed by atoms with E-state index in [2.05, 4.69) is 254 Å². The molecule has 3 aliphatic rings. The van der Waals surface area contributed by atoms with Crippen LogP contribution in [0, 0.1) is 0 Å². The van der Waals surface area contributed by atoms with E-state index >= 15 is 0 Å². The zero-order valence-electron chi connectivity index (χ0n) is 34.6. The summed E-state index contributed by atoms with van der Waals surface area (Å²) >= 11 is 0. The van der Waals surface area contributed by atoms with Gasteiger partial charge in [-0.05, 0) is 125 Å². The lowest BCUT2D eigenvalue weighted by atomic mass is 9.65. The maximum Gasteiger partial charge on any atom is 0.0725 e. The Morgan fingerprint density at radius 1 is 0.238 bits per heavy atom. The molecule has 1 nitrogen and oxygen atoms in total. The van der Waals surface area contributed by atoms with Gasteiger partial charge in [0, 0.05) is 17.1 Å². The summed E-state index contributed by atoms with van der Waals surface area (Å²) in [6.45, 7) is 0. The van der Waals surface area contributed by atoms with E-state index < -0.39 is 10.8 Å². The smallest absolute Gasteiger partial charge is 0.0725 e. The van der Waals surface area contributed by atoms with Crippen LogP contribution in [0.2, 0.25) is 0 Å². The minimum absolute atomic E-state index is 0.520. The summed E-state index contributed by atoms with van der Waals surface area (Å²) < 4.78 is 0. The fraction of sp³-hybridized carbons (Fsp3) is 0.0323. The van der Waals surface area contributed by atoms with Gasteiger partial charge in [-0.3, -0.25) is 0 Å². The second kappa shape index (κ2) is 13.8. The Morgan fingerprint density at radius 3 is 1.17 bits per heavy atom. The van der Waals surface area contributed by atoms with Gasteiger partial charge in [0.25, 0.3) is 0 Å². The molecule has 0 bridgehead atoms. The van der Waals surface area contributed by atoms with Crippen LogP contribution in [0.25, 0.3) is 44.5 Å². The molecule has 1 spiro atoms. The van der Waals surface area contributed by atoms with E-state index in [0.717, 1.165) is 17.1 Å². The van der Waals surface area contributed by atoms with Crippen LogP contribution in [-0.4, -0.2) is 0 Å². The average Bonchev–Trinajstić information content (AvgIpc) is 3.95. The fourth-order valence-electron chi connectivity index (χ4n) is 11.8. The highest BCUT2D eigenvalue weighted by Gasteiger charge is 2.55. The third-order valence-corrected chi connectivity index (χ3v) is 14.1. The number of benzene rings is 10. The Hall–Kier alpha value is -8.00. The quantitative estimate of drug-likeness (QED) is 0.162. The van der Waals surface area contributed by atoms with Crippen molar-refractivity contribution in [1.29, 1.82) is 0 Å². The lowest BCUT2D eigenvalue weighted by molar-refractivity contribution is 0.753. The lowest BCUT2D eigenvalue weighted by Crippen LogP contribution is -2.30. The Balaban J connectivity index is 1.24. The van der Waals surface area contributed by atoms with E-state index in [4.69, 9.17) is 0 Å². The molecule has 294 valence electrons. The van der Waals surface area contributed by atoms with Gasteiger partial charge in [-0.2, -0.15) is 0 Å². The molecule has 3 aliphatic carbocycles. The third kappa shape index (κ3) is 4.82. The summed E-state index contributed by atoms with van der Waals surface area (Å²) in [4.78, 5) is 2.40. The van der Waals surface area contributed by atoms with Crippen molar-refractivity contribution in [2.45, 2.75) is 10.8 Å². The SMILES string of the molecule is c1ccc(-c2c3c(cc4c2-c2ccccc2C42c4ccccc4-c4ccccc42)C(c2ccccc2)(c2ccccc2)c2ccc(N(c4ccccc4)c4ccccc4)cc2-3)cc1. The number of anilines is 3. The molecular formula is C62H41N. The first-order chi connectivity index (χ1) is 31.3. The summed E-state index contributed by atoms with van der Waals surface area (Å²) in [6, 6.07) is 92.8. The van der Waals surface area contributed by atoms with E-state index in [0.29, 0.717) is 0 Å². The molecule has 0 atom stereocenters. The van der Waals surface area contributed by atoms with E-state index in [1.165, 1.54) is 89.0 Å². The van der Waals surface area contributed by atoms with Crippen LogP contribution in [0.3, 0.4) is 0 Å². The maximum atomic E-state index is 2.65. The van der Waals surface area contributed by atoms with E-state index in [-0.39, 0.29) is 0 Å². The van der Waals surface area contributed by atoms with Crippen molar-refractivity contribution in [3.05, 3.63) is 293 Å². The second-order valence-electron chi connectivity index (χ2n) is 17.1. The van der Waals surface area contributed by atoms with Gasteiger partial charge >= 0.3 is 0 Å². The molecule has 0 unspecified atom stereocenters. The van der Waals surface area contributed by atoms with Gasteiger partial charge in [0.1, 0.15) is 0 Å². The Morgan fingerprint density at radius 2 is 0.635 bits per heavy atom. The summed E-state index contributed by atoms with van der Waals surface area (Å²) in [5.41, 5.74) is 23.0. The number of rotatable bonds is 6. The van der Waals surface area contributed by atoms with Crippen molar-refractivity contribution < 1.29 is 0 Å². The van der Waals surface area contributed by atoms with E-state index in [9.17, 15) is 0 Å². The molecular weight excluding hydrogens is 759 g/mol. The summed E-state index contributed by atoms with van der Waals surface area (Å²) in [5.74, 6) is 0. The molecule has 0 radical (unpaired) electrons. The highest BCUT2D eigenvalue weighted by atomic mass is 15.1. The van der Waals surface area contributed by atoms with E-state index in [1.54, 1.807) is 0 Å². The summed E-state index contributed by atoms with van der Waals surface area (Å²) in [7, 11) is 0. The molecule has 63 heavy (non-hydrogen) atoms. The van der Waals surface area contributed by atoms with Crippen LogP contribution in [-0.2, 0) is 10.8 Å². The van der Waals surface area contributed by atoms with Gasteiger partial charge < -0.3 is 4.90 Å². The Bertz CT molecular complexity index is 3250. The predicted molar refractivity (Wildman–Crippen MR) is 260 cm³/mol. The summed E-state index contributed by atoms with van der Waals surface area (Å²) in [6.07, 6.45) is 0. The molecule has 0 saturated heterocycles. The van der Waals surface area contributed by atoms with E-state index in [1.807, 2.05) is 0 Å². The molecule has 10 aromatic rings. The van der Waals surface area contributed by atoms with Gasteiger partial charge in [0.15, 0.2) is 0 Å². The largest absolute Gasteiger partial charge is 0.310 e. The third-order valence-electron chi connectivity index (χ3n) is 14.1. The molecule has 0 fully saturated rings. The predicted octanol–water partition coefficient (Wildman–Crippen LogP) is 15.5. The van der Waals surface area contributed by atoms with Crippen molar-refractivity contribution in [2.75, 3.05) is 4.90 Å². The highest BCUT2D eigenvalue weighted by molar-refractivity contribution is 6.08. The number of nitrogens with zero attached hydrogens (tertiary/aromatic N) is 1. The first-order valence-corrected chi connectivity index (χ1v) is 22.0. The molecule has 13 rings (SSSR count). The average molecular weight is 800 g/mol. The second-order valence-corrected chi connectivity index (χ2v) is 17.1. The van der Waals surface area contributed by atoms with Crippen LogP contribution < -0.4 is 4.90 Å². The van der Waals surface area contributed by atoms with Crippen LogP contribution in [0.4, 0.5) is 17.1 Å². The van der Waals surface area contributed by atoms with Gasteiger partial charge in [-0.1, -0.05) is 212 Å². The molecule has 0 amide bonds. The van der Waals surface area contributed by atoms with Gasteiger partial charge in [0.05, 0.1) is 10.8 Å². The topological polar surface area (TPSA) is 3.24 Å². The molecule has 0 heterocycles. The molecule has 0 N–H and O–H groups in total. The zero-order chi connectivity index (χ0) is 41.5. The summed E-state index contributed by atoms with van der Waals surface area (Å²) in [5, 5.41) is 0. The first kappa shape index (κ1) is 35.7. The monoisotopic (exact) mass is 799 g/mol. The maximum absolute atomic E-state index is 2.65. The van der Waals surface area contributed by atoms with Gasteiger partial charge in [-0.15, -0.1) is 0 Å². The van der Waals surface area contributed by atoms with Crippen LogP contribution >= 0.6 is 0 Å². The minimum atomic E-state index is -0.637. The van der Waals surface area contributed by atoms with Crippen molar-refractivity contribution in [3.63, 3.8) is 0 Å². The number of hydrogen-bond donors (Lipinski definition) is 0. The minimum Gasteiger partial charge on any atom is -0.310 e. The van der Waals surface area contributed by atoms with Crippen LogP contribution in [0.5, 0.6) is 0 Å². The van der Waals surface area contributed by atoms with Crippen molar-refractivity contribution >= 4 is 17.1 Å².